The molecule has 2 atom stereocenters. The Morgan fingerprint density at radius 2 is 1.88 bits per heavy atom. The minimum absolute atomic E-state index is 0.0486. The Balaban J connectivity index is 2.16. The molecule has 0 spiro atoms. The monoisotopic (exact) mass is 468 g/mol. The molecule has 10 nitrogen and oxygen atoms in total. The van der Waals surface area contributed by atoms with Crippen LogP contribution in [-0.2, 0) is 24.1 Å². The number of nitro groups is 1. The molecule has 0 N–H and O–H groups in total. The first kappa shape index (κ1) is 24.0. The van der Waals surface area contributed by atoms with Crippen LogP contribution in [0.25, 0.3) is 0 Å². The van der Waals surface area contributed by atoms with E-state index >= 15 is 0 Å². The molecule has 1 saturated heterocycles. The van der Waals surface area contributed by atoms with E-state index in [1.807, 2.05) is 0 Å². The van der Waals surface area contributed by atoms with E-state index in [9.17, 15) is 28.1 Å². The molecule has 1 aromatic rings. The first-order valence-corrected chi connectivity index (χ1v) is 12.1. The minimum Gasteiger partial charge on any atom is -0.466 e. The number of esters is 1. The lowest BCUT2D eigenvalue weighted by Crippen LogP contribution is -2.39. The van der Waals surface area contributed by atoms with Crippen molar-refractivity contribution in [3.8, 4) is 0 Å². The number of ether oxygens (including phenoxy) is 2. The van der Waals surface area contributed by atoms with Crippen molar-refractivity contribution >= 4 is 27.6 Å². The molecule has 1 aliphatic heterocycles. The average molecular weight is 469 g/mol. The maximum Gasteiger partial charge on any atom is 0.410 e. The summed E-state index contributed by atoms with van der Waals surface area (Å²) in [4.78, 5) is 37.7. The number of carbonyl (C=O) groups is 2. The third-order valence-corrected chi connectivity index (χ3v) is 7.74. The Labute approximate surface area is 186 Å². The van der Waals surface area contributed by atoms with Gasteiger partial charge in [-0.3, -0.25) is 14.9 Å². The van der Waals surface area contributed by atoms with Crippen LogP contribution in [0, 0.1) is 16.0 Å². The number of carbonyl (C=O) groups excluding carboxylic acids is 2. The first-order chi connectivity index (χ1) is 14.9. The van der Waals surface area contributed by atoms with Crippen LogP contribution in [0.4, 0.5) is 10.5 Å². The highest BCUT2D eigenvalue weighted by Gasteiger charge is 2.48. The summed E-state index contributed by atoms with van der Waals surface area (Å²) in [5, 5.41) is 10.9. The quantitative estimate of drug-likeness (QED) is 0.352. The van der Waals surface area contributed by atoms with Crippen molar-refractivity contribution in [2.75, 3.05) is 13.2 Å². The van der Waals surface area contributed by atoms with E-state index in [2.05, 4.69) is 0 Å². The van der Waals surface area contributed by atoms with Gasteiger partial charge in [0.25, 0.3) is 5.69 Å². The van der Waals surface area contributed by atoms with E-state index in [0.717, 1.165) is 12.1 Å². The van der Waals surface area contributed by atoms with E-state index in [0.29, 0.717) is 12.8 Å². The highest BCUT2D eigenvalue weighted by molar-refractivity contribution is 7.92. The Morgan fingerprint density at radius 1 is 1.22 bits per heavy atom. The van der Waals surface area contributed by atoms with Gasteiger partial charge in [0.1, 0.15) is 5.60 Å². The summed E-state index contributed by atoms with van der Waals surface area (Å²) < 4.78 is 36.9. The molecular formula is C21H28N2O8S. The molecule has 1 aliphatic carbocycles. The second kappa shape index (κ2) is 8.68. The number of benzene rings is 1. The van der Waals surface area contributed by atoms with Crippen molar-refractivity contribution in [1.29, 1.82) is 0 Å². The zero-order valence-corrected chi connectivity index (χ0v) is 19.4. The van der Waals surface area contributed by atoms with Gasteiger partial charge in [-0.25, -0.2) is 13.2 Å². The van der Waals surface area contributed by atoms with Crippen molar-refractivity contribution in [3.63, 3.8) is 0 Å². The van der Waals surface area contributed by atoms with E-state index in [-0.39, 0.29) is 35.7 Å². The maximum atomic E-state index is 13.1. The van der Waals surface area contributed by atoms with Crippen LogP contribution in [-0.4, -0.2) is 54.3 Å². The summed E-state index contributed by atoms with van der Waals surface area (Å²) in [6, 6.07) is 2.42. The van der Waals surface area contributed by atoms with Gasteiger partial charge in [0, 0.05) is 24.2 Å². The van der Waals surface area contributed by atoms with Crippen molar-refractivity contribution in [2.24, 2.45) is 5.92 Å². The topological polar surface area (TPSA) is 133 Å². The number of hydrogen-bond acceptors (Lipinski definition) is 8. The van der Waals surface area contributed by atoms with Gasteiger partial charge in [-0.2, -0.15) is 0 Å². The zero-order valence-electron chi connectivity index (χ0n) is 18.6. The van der Waals surface area contributed by atoms with Crippen molar-refractivity contribution in [1.82, 2.24) is 4.90 Å². The predicted octanol–water partition coefficient (Wildman–Crippen LogP) is 3.39. The standard InChI is InChI=1S/C21H28N2O8S/c1-5-30-19(24)15-10-11-22(20(25)31-21(2,3)4)18(15)16-12-13(23(26)27)6-9-17(16)32(28,29)14-7-8-14/h6,9,12,14-15,18H,5,7-8,10-11H2,1-4H3/t15-,18+/m0/s1. The lowest BCUT2D eigenvalue weighted by molar-refractivity contribution is -0.385. The zero-order chi connectivity index (χ0) is 23.8. The summed E-state index contributed by atoms with van der Waals surface area (Å²) in [7, 11) is -3.78. The van der Waals surface area contributed by atoms with Crippen LogP contribution in [0.1, 0.15) is 58.6 Å². The minimum atomic E-state index is -3.78. The first-order valence-electron chi connectivity index (χ1n) is 10.5. The van der Waals surface area contributed by atoms with Crippen molar-refractivity contribution in [3.05, 3.63) is 33.9 Å². The molecular weight excluding hydrogens is 440 g/mol. The maximum absolute atomic E-state index is 13.1. The third kappa shape index (κ3) is 4.87. The molecule has 0 radical (unpaired) electrons. The summed E-state index contributed by atoms with van der Waals surface area (Å²) in [5.74, 6) is -1.47. The van der Waals surface area contributed by atoms with Gasteiger partial charge in [0.05, 0.1) is 33.6 Å². The summed E-state index contributed by atoms with van der Waals surface area (Å²) in [6.45, 7) is 6.94. The predicted molar refractivity (Wildman–Crippen MR) is 114 cm³/mol. The molecule has 0 unspecified atom stereocenters. The second-order valence-electron chi connectivity index (χ2n) is 8.99. The number of nitro benzene ring substituents is 1. The Kier molecular flexibility index (Phi) is 6.50. The van der Waals surface area contributed by atoms with Gasteiger partial charge in [0.15, 0.2) is 9.84 Å². The van der Waals surface area contributed by atoms with Crippen molar-refractivity contribution in [2.45, 2.75) is 68.7 Å². The SMILES string of the molecule is CCOC(=O)[C@H]1CCN(C(=O)OC(C)(C)C)[C@H]1c1cc([N+](=O)[O-])ccc1S(=O)(=O)C1CC1. The molecule has 0 aromatic heterocycles. The van der Waals surface area contributed by atoms with Crippen LogP contribution < -0.4 is 0 Å². The highest BCUT2D eigenvalue weighted by Crippen LogP contribution is 2.45. The van der Waals surface area contributed by atoms with Crippen molar-refractivity contribution < 1.29 is 32.4 Å². The van der Waals surface area contributed by atoms with Crippen LogP contribution in [0.15, 0.2) is 23.1 Å². The van der Waals surface area contributed by atoms with Gasteiger partial charge in [-0.05, 0) is 53.0 Å². The summed E-state index contributed by atoms with van der Waals surface area (Å²) in [6.07, 6.45) is 0.491. The molecule has 176 valence electrons. The van der Waals surface area contributed by atoms with E-state index in [1.54, 1.807) is 27.7 Å². The van der Waals surface area contributed by atoms with E-state index in [4.69, 9.17) is 9.47 Å². The van der Waals surface area contributed by atoms with Gasteiger partial charge in [-0.15, -0.1) is 0 Å². The molecule has 1 amide bonds. The summed E-state index contributed by atoms with van der Waals surface area (Å²) >= 11 is 0. The normalized spacial score (nSPS) is 21.3. The summed E-state index contributed by atoms with van der Waals surface area (Å²) in [5.41, 5.74) is -1.10. The number of sulfone groups is 1. The fraction of sp³-hybridized carbons (Fsp3) is 0.619. The highest BCUT2D eigenvalue weighted by atomic mass is 32.2. The molecule has 1 heterocycles. The van der Waals surface area contributed by atoms with Crippen LogP contribution >= 0.6 is 0 Å². The smallest absolute Gasteiger partial charge is 0.410 e. The molecule has 2 fully saturated rings. The Hall–Kier alpha value is -2.69. The Bertz CT molecular complexity index is 1030. The molecule has 3 rings (SSSR count). The number of nitrogens with zero attached hydrogens (tertiary/aromatic N) is 2. The van der Waals surface area contributed by atoms with Crippen LogP contribution in [0.2, 0.25) is 0 Å². The number of likely N-dealkylation sites (tertiary alicyclic amines) is 1. The van der Waals surface area contributed by atoms with Gasteiger partial charge in [-0.1, -0.05) is 0 Å². The molecule has 1 saturated carbocycles. The molecule has 32 heavy (non-hydrogen) atoms. The Morgan fingerprint density at radius 3 is 2.41 bits per heavy atom. The second-order valence-corrected chi connectivity index (χ2v) is 11.2. The number of non-ortho nitro benzene ring substituents is 1. The lowest BCUT2D eigenvalue weighted by atomic mass is 9.93. The number of hydrogen-bond donors (Lipinski definition) is 0. The fourth-order valence-electron chi connectivity index (χ4n) is 3.90. The molecule has 0 bridgehead atoms. The largest absolute Gasteiger partial charge is 0.466 e. The van der Waals surface area contributed by atoms with Gasteiger partial charge < -0.3 is 14.4 Å². The van der Waals surface area contributed by atoms with Gasteiger partial charge >= 0.3 is 12.1 Å². The van der Waals surface area contributed by atoms with Crippen LogP contribution in [0.5, 0.6) is 0 Å². The lowest BCUT2D eigenvalue weighted by Gasteiger charge is -2.31. The average Bonchev–Trinajstić information content (AvgIpc) is 3.45. The molecule has 1 aromatic carbocycles. The molecule has 2 aliphatic rings. The molecule has 11 heteroatoms. The van der Waals surface area contributed by atoms with E-state index < -0.39 is 49.6 Å². The fourth-order valence-corrected chi connectivity index (χ4v) is 5.78. The third-order valence-electron chi connectivity index (χ3n) is 5.41. The van der Waals surface area contributed by atoms with E-state index in [1.165, 1.54) is 11.0 Å². The number of rotatable bonds is 6. The van der Waals surface area contributed by atoms with Crippen LogP contribution in [0.3, 0.4) is 0 Å². The van der Waals surface area contributed by atoms with Gasteiger partial charge in [0.2, 0.25) is 0 Å². The number of amides is 1.